The smallest absolute Gasteiger partial charge is 0.150 e. The zero-order valence-corrected chi connectivity index (χ0v) is 12.0. The van der Waals surface area contributed by atoms with Crippen LogP contribution in [0.3, 0.4) is 0 Å². The van der Waals surface area contributed by atoms with Crippen molar-refractivity contribution in [2.24, 2.45) is 5.92 Å². The zero-order chi connectivity index (χ0) is 13.2. The summed E-state index contributed by atoms with van der Waals surface area (Å²) >= 11 is 1.57. The Morgan fingerprint density at radius 1 is 1.44 bits per heavy atom. The van der Waals surface area contributed by atoms with Crippen molar-refractivity contribution in [3.63, 3.8) is 0 Å². The van der Waals surface area contributed by atoms with Gasteiger partial charge >= 0.3 is 0 Å². The molecule has 0 unspecified atom stereocenters. The van der Waals surface area contributed by atoms with Gasteiger partial charge in [-0.2, -0.15) is 0 Å². The highest BCUT2D eigenvalue weighted by Crippen LogP contribution is 2.25. The van der Waals surface area contributed by atoms with Gasteiger partial charge in [-0.05, 0) is 25.7 Å². The highest BCUT2D eigenvalue weighted by atomic mass is 32.2. The van der Waals surface area contributed by atoms with Gasteiger partial charge in [-0.15, -0.1) is 11.3 Å². The number of carbonyl (C=O) groups excluding carboxylic acids is 1. The van der Waals surface area contributed by atoms with Crippen LogP contribution in [0.1, 0.15) is 29.7 Å². The number of sulfone groups is 1. The molecule has 1 aliphatic rings. The number of hydrogen-bond donors (Lipinski definition) is 0. The summed E-state index contributed by atoms with van der Waals surface area (Å²) in [6.45, 7) is 1.57. The maximum absolute atomic E-state index is 11.3. The molecule has 2 heterocycles. The van der Waals surface area contributed by atoms with Crippen LogP contribution in [0.2, 0.25) is 0 Å². The van der Waals surface area contributed by atoms with Crippen molar-refractivity contribution in [1.29, 1.82) is 0 Å². The Morgan fingerprint density at radius 3 is 2.72 bits per heavy atom. The topological polar surface area (TPSA) is 64.1 Å². The molecule has 0 spiro atoms. The van der Waals surface area contributed by atoms with Crippen molar-refractivity contribution in [1.82, 2.24) is 4.98 Å². The highest BCUT2D eigenvalue weighted by Gasteiger charge is 2.24. The number of rotatable bonds is 4. The lowest BCUT2D eigenvalue weighted by Gasteiger charge is -2.20. The van der Waals surface area contributed by atoms with Gasteiger partial charge in [0, 0.05) is 23.9 Å². The Kier molecular flexibility index (Phi) is 4.17. The molecule has 0 amide bonds. The maximum Gasteiger partial charge on any atom is 0.150 e. The summed E-state index contributed by atoms with van der Waals surface area (Å²) in [7, 11) is -2.78. The first kappa shape index (κ1) is 13.7. The van der Waals surface area contributed by atoms with Crippen molar-refractivity contribution in [2.45, 2.75) is 32.6 Å². The van der Waals surface area contributed by atoms with E-state index in [1.807, 2.05) is 0 Å². The van der Waals surface area contributed by atoms with Crippen LogP contribution in [0.4, 0.5) is 0 Å². The van der Waals surface area contributed by atoms with Crippen LogP contribution < -0.4 is 0 Å². The number of nitrogens with zero attached hydrogens (tertiary/aromatic N) is 1. The van der Waals surface area contributed by atoms with E-state index >= 15 is 0 Å². The molecule has 18 heavy (non-hydrogen) atoms. The van der Waals surface area contributed by atoms with Gasteiger partial charge in [0.05, 0.1) is 16.5 Å². The summed E-state index contributed by atoms with van der Waals surface area (Å²) in [5.74, 6) is 1.19. The fraction of sp³-hybridized carbons (Fsp3) is 0.667. The first-order chi connectivity index (χ1) is 8.44. The van der Waals surface area contributed by atoms with Crippen LogP contribution in [0.5, 0.6) is 0 Å². The first-order valence-corrected chi connectivity index (χ1v) is 8.72. The predicted octanol–water partition coefficient (Wildman–Crippen LogP) is 1.64. The van der Waals surface area contributed by atoms with Crippen molar-refractivity contribution in [3.8, 4) is 0 Å². The van der Waals surface area contributed by atoms with Crippen molar-refractivity contribution in [3.05, 3.63) is 16.1 Å². The molecule has 0 aromatic carbocycles. The third kappa shape index (κ3) is 3.88. The van der Waals surface area contributed by atoms with E-state index in [0.29, 0.717) is 23.8 Å². The molecular formula is C12H17NO3S2. The number of ketones is 1. The largest absolute Gasteiger partial charge is 0.300 e. The first-order valence-electron chi connectivity index (χ1n) is 6.08. The molecule has 0 saturated carbocycles. The van der Waals surface area contributed by atoms with Gasteiger partial charge in [-0.3, -0.25) is 4.79 Å². The molecule has 1 aromatic heterocycles. The minimum atomic E-state index is -2.78. The number of hydrogen-bond acceptors (Lipinski definition) is 5. The molecule has 0 bridgehead atoms. The number of Topliss-reactive ketones (excluding diaryl/α,β-unsaturated/α-hetero) is 1. The average molecular weight is 287 g/mol. The zero-order valence-electron chi connectivity index (χ0n) is 10.4. The molecule has 0 atom stereocenters. The minimum absolute atomic E-state index is 0.147. The van der Waals surface area contributed by atoms with Crippen molar-refractivity contribution >= 4 is 27.0 Å². The molecular weight excluding hydrogens is 270 g/mol. The predicted molar refractivity (Wildman–Crippen MR) is 71.6 cm³/mol. The lowest BCUT2D eigenvalue weighted by atomic mass is 9.99. The third-order valence-electron chi connectivity index (χ3n) is 3.16. The van der Waals surface area contributed by atoms with Gasteiger partial charge in [-0.1, -0.05) is 0 Å². The van der Waals surface area contributed by atoms with Crippen LogP contribution in [0.15, 0.2) is 6.20 Å². The summed E-state index contributed by atoms with van der Waals surface area (Å²) in [5.41, 5.74) is 0. The monoisotopic (exact) mass is 287 g/mol. The number of thiazole rings is 1. The normalized spacial score (nSPS) is 19.8. The molecule has 1 fully saturated rings. The molecule has 0 N–H and O–H groups in total. The Labute approximate surface area is 111 Å². The Bertz CT molecular complexity index is 519. The van der Waals surface area contributed by atoms with Gasteiger partial charge in [-0.25, -0.2) is 13.4 Å². The number of carbonyl (C=O) groups is 1. The quantitative estimate of drug-likeness (QED) is 0.844. The van der Waals surface area contributed by atoms with Crippen LogP contribution in [-0.4, -0.2) is 30.7 Å². The summed E-state index contributed by atoms with van der Waals surface area (Å²) in [6, 6.07) is 0. The van der Waals surface area contributed by atoms with Gasteiger partial charge in [0.2, 0.25) is 0 Å². The molecule has 100 valence electrons. The Morgan fingerprint density at radius 2 is 2.11 bits per heavy atom. The SMILES string of the molecule is CC(=O)Cc1cnc(CC2CCS(=O)(=O)CC2)s1. The molecule has 4 nitrogen and oxygen atoms in total. The van der Waals surface area contributed by atoms with E-state index in [9.17, 15) is 13.2 Å². The van der Waals surface area contributed by atoms with E-state index in [4.69, 9.17) is 0 Å². The van der Waals surface area contributed by atoms with E-state index in [1.54, 1.807) is 24.5 Å². The van der Waals surface area contributed by atoms with Gasteiger partial charge < -0.3 is 0 Å². The molecule has 6 heteroatoms. The average Bonchev–Trinajstić information content (AvgIpc) is 2.68. The van der Waals surface area contributed by atoms with E-state index in [0.717, 1.165) is 29.1 Å². The van der Waals surface area contributed by atoms with Crippen LogP contribution >= 0.6 is 11.3 Å². The van der Waals surface area contributed by atoms with Crippen LogP contribution in [0.25, 0.3) is 0 Å². The van der Waals surface area contributed by atoms with E-state index in [-0.39, 0.29) is 5.78 Å². The standard InChI is InChI=1S/C12H17NO3S2/c1-9(14)6-11-8-13-12(17-11)7-10-2-4-18(15,16)5-3-10/h8,10H,2-7H2,1H3. The van der Waals surface area contributed by atoms with E-state index in [2.05, 4.69) is 4.98 Å². The molecule has 1 aromatic rings. The van der Waals surface area contributed by atoms with Crippen LogP contribution in [-0.2, 0) is 27.5 Å². The van der Waals surface area contributed by atoms with E-state index < -0.39 is 9.84 Å². The number of aromatic nitrogens is 1. The second-order valence-corrected chi connectivity index (χ2v) is 8.40. The summed E-state index contributed by atoms with van der Waals surface area (Å²) in [5, 5.41) is 1.02. The fourth-order valence-corrected chi connectivity index (χ4v) is 4.86. The highest BCUT2D eigenvalue weighted by molar-refractivity contribution is 7.91. The molecule has 2 rings (SSSR count). The molecule has 0 aliphatic carbocycles. The summed E-state index contributed by atoms with van der Waals surface area (Å²) in [6.07, 6.45) is 4.55. The summed E-state index contributed by atoms with van der Waals surface area (Å²) in [4.78, 5) is 16.3. The maximum atomic E-state index is 11.3. The van der Waals surface area contributed by atoms with Gasteiger partial charge in [0.15, 0.2) is 0 Å². The Balaban J connectivity index is 1.90. The van der Waals surface area contributed by atoms with Gasteiger partial charge in [0.1, 0.15) is 15.6 Å². The van der Waals surface area contributed by atoms with Crippen molar-refractivity contribution < 1.29 is 13.2 Å². The van der Waals surface area contributed by atoms with Crippen LogP contribution in [0, 0.1) is 5.92 Å². The summed E-state index contributed by atoms with van der Waals surface area (Å²) < 4.78 is 22.6. The van der Waals surface area contributed by atoms with E-state index in [1.165, 1.54) is 0 Å². The second-order valence-electron chi connectivity index (χ2n) is 4.90. The molecule has 1 aliphatic heterocycles. The Hall–Kier alpha value is -0.750. The van der Waals surface area contributed by atoms with Gasteiger partial charge in [0.25, 0.3) is 0 Å². The fourth-order valence-electron chi connectivity index (χ4n) is 2.16. The lowest BCUT2D eigenvalue weighted by Crippen LogP contribution is -2.24. The molecule has 1 saturated heterocycles. The molecule has 0 radical (unpaired) electrons. The minimum Gasteiger partial charge on any atom is -0.300 e. The second kappa shape index (κ2) is 5.48. The third-order valence-corrected chi connectivity index (χ3v) is 5.90. The lowest BCUT2D eigenvalue weighted by molar-refractivity contribution is -0.116. The van der Waals surface area contributed by atoms with Crippen molar-refractivity contribution in [2.75, 3.05) is 11.5 Å².